The molecule has 1 saturated heterocycles. The van der Waals surface area contributed by atoms with Gasteiger partial charge in [-0.1, -0.05) is 5.16 Å². The van der Waals surface area contributed by atoms with Gasteiger partial charge in [-0.2, -0.15) is 4.98 Å². The van der Waals surface area contributed by atoms with Crippen LogP contribution in [0.3, 0.4) is 0 Å². The van der Waals surface area contributed by atoms with Gasteiger partial charge in [0, 0.05) is 46.1 Å². The summed E-state index contributed by atoms with van der Waals surface area (Å²) in [6.07, 6.45) is 0.442. The van der Waals surface area contributed by atoms with Crippen molar-refractivity contribution in [2.45, 2.75) is 13.3 Å². The topological polar surface area (TPSA) is 100 Å². The van der Waals surface area contributed by atoms with E-state index in [0.717, 1.165) is 13.1 Å². The van der Waals surface area contributed by atoms with Gasteiger partial charge in [0.05, 0.1) is 0 Å². The first-order valence-electron chi connectivity index (χ1n) is 6.24. The van der Waals surface area contributed by atoms with Gasteiger partial charge in [-0.15, -0.1) is 0 Å². The lowest BCUT2D eigenvalue weighted by Gasteiger charge is -2.26. The monoisotopic (exact) mass is 267 g/mol. The Morgan fingerprint density at radius 3 is 2.79 bits per heavy atom. The van der Waals surface area contributed by atoms with E-state index in [-0.39, 0.29) is 0 Å². The Balaban J connectivity index is 1.72. The molecular formula is C11H17N5O3. The largest absolute Gasteiger partial charge is 0.347 e. The summed E-state index contributed by atoms with van der Waals surface area (Å²) in [6.45, 7) is 4.59. The highest BCUT2D eigenvalue weighted by Gasteiger charge is 2.22. The Kier molecular flexibility index (Phi) is 4.45. The molecule has 0 radical (unpaired) electrons. The third-order valence-electron chi connectivity index (χ3n) is 2.80. The number of nitrogens with one attached hydrogen (secondary N) is 2. The molecule has 8 heteroatoms. The zero-order valence-corrected chi connectivity index (χ0v) is 10.8. The predicted molar refractivity (Wildman–Crippen MR) is 65.2 cm³/mol. The van der Waals surface area contributed by atoms with Crippen molar-refractivity contribution >= 4 is 11.8 Å². The van der Waals surface area contributed by atoms with Gasteiger partial charge in [0.25, 0.3) is 0 Å². The Labute approximate surface area is 110 Å². The number of piperazine rings is 1. The molecule has 0 spiro atoms. The van der Waals surface area contributed by atoms with E-state index >= 15 is 0 Å². The zero-order valence-electron chi connectivity index (χ0n) is 10.8. The third-order valence-corrected chi connectivity index (χ3v) is 2.80. The highest BCUT2D eigenvalue weighted by atomic mass is 16.5. The van der Waals surface area contributed by atoms with E-state index in [9.17, 15) is 9.59 Å². The van der Waals surface area contributed by atoms with E-state index < -0.39 is 11.8 Å². The SMILES string of the molecule is Cc1nc(CCNC(=O)C(=O)N2CCNCC2)no1. The molecule has 2 amide bonds. The van der Waals surface area contributed by atoms with E-state index in [1.165, 1.54) is 0 Å². The van der Waals surface area contributed by atoms with Crippen LogP contribution in [0.2, 0.25) is 0 Å². The standard InChI is InChI=1S/C11H17N5O3/c1-8-14-9(15-19-8)2-3-13-10(17)11(18)16-6-4-12-5-7-16/h12H,2-7H2,1H3,(H,13,17). The molecule has 2 rings (SSSR count). The van der Waals surface area contributed by atoms with E-state index in [1.807, 2.05) is 0 Å². The van der Waals surface area contributed by atoms with E-state index in [0.29, 0.717) is 37.8 Å². The summed E-state index contributed by atoms with van der Waals surface area (Å²) >= 11 is 0. The van der Waals surface area contributed by atoms with Gasteiger partial charge < -0.3 is 20.1 Å². The number of hydrogen-bond donors (Lipinski definition) is 2. The average Bonchev–Trinajstić information content (AvgIpc) is 2.84. The van der Waals surface area contributed by atoms with Crippen molar-refractivity contribution in [1.82, 2.24) is 25.7 Å². The van der Waals surface area contributed by atoms with Gasteiger partial charge in [-0.25, -0.2) is 0 Å². The van der Waals surface area contributed by atoms with Crippen LogP contribution in [0.1, 0.15) is 11.7 Å². The minimum Gasteiger partial charge on any atom is -0.347 e. The van der Waals surface area contributed by atoms with Gasteiger partial charge in [-0.05, 0) is 0 Å². The maximum Gasteiger partial charge on any atom is 0.311 e. The normalized spacial score (nSPS) is 15.3. The molecule has 8 nitrogen and oxygen atoms in total. The maximum absolute atomic E-state index is 11.8. The van der Waals surface area contributed by atoms with Crippen LogP contribution in [0.25, 0.3) is 0 Å². The van der Waals surface area contributed by atoms with Gasteiger partial charge >= 0.3 is 11.8 Å². The summed E-state index contributed by atoms with van der Waals surface area (Å²) < 4.78 is 4.81. The van der Waals surface area contributed by atoms with Crippen molar-refractivity contribution in [1.29, 1.82) is 0 Å². The molecule has 1 aliphatic heterocycles. The molecule has 1 fully saturated rings. The lowest BCUT2D eigenvalue weighted by molar-refractivity contribution is -0.146. The quantitative estimate of drug-likeness (QED) is 0.644. The van der Waals surface area contributed by atoms with Gasteiger partial charge in [0.2, 0.25) is 5.89 Å². The second-order valence-corrected chi connectivity index (χ2v) is 4.28. The molecule has 1 aliphatic rings. The Morgan fingerprint density at radius 1 is 1.42 bits per heavy atom. The van der Waals surface area contributed by atoms with Crippen LogP contribution in [0.15, 0.2) is 4.52 Å². The summed E-state index contributed by atoms with van der Waals surface area (Å²) in [6, 6.07) is 0. The van der Waals surface area contributed by atoms with Gasteiger partial charge in [0.15, 0.2) is 5.82 Å². The molecule has 104 valence electrons. The molecule has 0 aromatic carbocycles. The first-order chi connectivity index (χ1) is 9.16. The molecule has 1 aromatic rings. The van der Waals surface area contributed by atoms with Crippen LogP contribution >= 0.6 is 0 Å². The van der Waals surface area contributed by atoms with Crippen molar-refractivity contribution in [3.63, 3.8) is 0 Å². The lowest BCUT2D eigenvalue weighted by Crippen LogP contribution is -2.51. The summed E-state index contributed by atoms with van der Waals surface area (Å²) in [4.78, 5) is 29.0. The first kappa shape index (κ1) is 13.5. The average molecular weight is 267 g/mol. The highest BCUT2D eigenvalue weighted by molar-refractivity contribution is 6.35. The molecule has 2 heterocycles. The molecule has 2 N–H and O–H groups in total. The first-order valence-corrected chi connectivity index (χ1v) is 6.24. The number of aryl methyl sites for hydroxylation is 1. The summed E-state index contributed by atoms with van der Waals surface area (Å²) in [5, 5.41) is 9.39. The van der Waals surface area contributed by atoms with Crippen LogP contribution in [0, 0.1) is 6.92 Å². The van der Waals surface area contributed by atoms with Crippen molar-refractivity contribution in [2.75, 3.05) is 32.7 Å². The molecule has 1 aromatic heterocycles. The Hall–Kier alpha value is -1.96. The van der Waals surface area contributed by atoms with Crippen LogP contribution < -0.4 is 10.6 Å². The van der Waals surface area contributed by atoms with Crippen molar-refractivity contribution in [2.24, 2.45) is 0 Å². The van der Waals surface area contributed by atoms with E-state index in [2.05, 4.69) is 20.8 Å². The van der Waals surface area contributed by atoms with Crippen LogP contribution in [-0.2, 0) is 16.0 Å². The Morgan fingerprint density at radius 2 is 2.16 bits per heavy atom. The fourth-order valence-corrected chi connectivity index (χ4v) is 1.82. The smallest absolute Gasteiger partial charge is 0.311 e. The summed E-state index contributed by atoms with van der Waals surface area (Å²) in [7, 11) is 0. The number of aromatic nitrogens is 2. The predicted octanol–water partition coefficient (Wildman–Crippen LogP) is -1.53. The minimum atomic E-state index is -0.581. The molecule has 0 bridgehead atoms. The van der Waals surface area contributed by atoms with Gasteiger partial charge in [-0.3, -0.25) is 9.59 Å². The number of amides is 2. The van der Waals surface area contributed by atoms with Crippen molar-refractivity contribution < 1.29 is 14.1 Å². The number of rotatable bonds is 3. The summed E-state index contributed by atoms with van der Waals surface area (Å²) in [5.41, 5.74) is 0. The minimum absolute atomic E-state index is 0.315. The molecule has 19 heavy (non-hydrogen) atoms. The highest BCUT2D eigenvalue weighted by Crippen LogP contribution is 1.96. The number of carbonyl (C=O) groups excluding carboxylic acids is 2. The molecular weight excluding hydrogens is 250 g/mol. The molecule has 0 atom stereocenters. The third kappa shape index (κ3) is 3.75. The van der Waals surface area contributed by atoms with E-state index in [1.54, 1.807) is 11.8 Å². The second kappa shape index (κ2) is 6.28. The van der Waals surface area contributed by atoms with Crippen molar-refractivity contribution in [3.8, 4) is 0 Å². The second-order valence-electron chi connectivity index (χ2n) is 4.28. The lowest BCUT2D eigenvalue weighted by atomic mass is 10.3. The van der Waals surface area contributed by atoms with Crippen LogP contribution in [0.4, 0.5) is 0 Å². The zero-order chi connectivity index (χ0) is 13.7. The number of hydrogen-bond acceptors (Lipinski definition) is 6. The molecule has 0 saturated carbocycles. The Bertz CT molecular complexity index is 453. The maximum atomic E-state index is 11.8. The van der Waals surface area contributed by atoms with Gasteiger partial charge in [0.1, 0.15) is 0 Å². The van der Waals surface area contributed by atoms with Crippen LogP contribution in [0.5, 0.6) is 0 Å². The number of nitrogens with zero attached hydrogens (tertiary/aromatic N) is 3. The molecule has 0 unspecified atom stereocenters. The van der Waals surface area contributed by atoms with E-state index in [4.69, 9.17) is 4.52 Å². The molecule has 0 aliphatic carbocycles. The van der Waals surface area contributed by atoms with Crippen LogP contribution in [-0.4, -0.2) is 59.6 Å². The van der Waals surface area contributed by atoms with Crippen molar-refractivity contribution in [3.05, 3.63) is 11.7 Å². The number of carbonyl (C=O) groups is 2. The fraction of sp³-hybridized carbons (Fsp3) is 0.636. The summed E-state index contributed by atoms with van der Waals surface area (Å²) in [5.74, 6) is -0.0569. The fourth-order valence-electron chi connectivity index (χ4n) is 1.82.